The Balaban J connectivity index is 2.89. The molecule has 0 radical (unpaired) electrons. The van der Waals surface area contributed by atoms with E-state index >= 15 is 0 Å². The van der Waals surface area contributed by atoms with Crippen molar-refractivity contribution in [2.75, 3.05) is 5.32 Å². The maximum absolute atomic E-state index is 10.7. The molecule has 0 aromatic heterocycles. The summed E-state index contributed by atoms with van der Waals surface area (Å²) in [5, 5.41) is 2.73. The highest BCUT2D eigenvalue weighted by Gasteiger charge is 1.96. The predicted octanol–water partition coefficient (Wildman–Crippen LogP) is 0.212. The van der Waals surface area contributed by atoms with Crippen LogP contribution in [0, 0.1) is 6.92 Å². The monoisotopic (exact) mass is 161 g/mol. The molecule has 1 N–H and O–H groups in total. The SMILES string of the molecule is Bc1ccc(NC(C)=O)cc1C. The zero-order valence-corrected chi connectivity index (χ0v) is 7.64. The molecule has 0 heterocycles. The first-order chi connectivity index (χ1) is 5.59. The van der Waals surface area contributed by atoms with Crippen LogP contribution in [-0.2, 0) is 4.79 Å². The second-order valence-electron chi connectivity index (χ2n) is 2.98. The van der Waals surface area contributed by atoms with Crippen molar-refractivity contribution in [1.29, 1.82) is 0 Å². The lowest BCUT2D eigenvalue weighted by molar-refractivity contribution is -0.114. The van der Waals surface area contributed by atoms with Crippen LogP contribution in [0.3, 0.4) is 0 Å². The molecule has 1 aromatic rings. The van der Waals surface area contributed by atoms with E-state index in [1.165, 1.54) is 17.9 Å². The van der Waals surface area contributed by atoms with Gasteiger partial charge in [0.2, 0.25) is 5.91 Å². The molecule has 3 heteroatoms. The van der Waals surface area contributed by atoms with Gasteiger partial charge in [-0.05, 0) is 19.1 Å². The van der Waals surface area contributed by atoms with Crippen LogP contribution in [0.4, 0.5) is 5.69 Å². The largest absolute Gasteiger partial charge is 0.326 e. The van der Waals surface area contributed by atoms with Crippen LogP contribution in [0.1, 0.15) is 12.5 Å². The molecule has 62 valence electrons. The van der Waals surface area contributed by atoms with Crippen molar-refractivity contribution in [2.45, 2.75) is 13.8 Å². The highest BCUT2D eigenvalue weighted by atomic mass is 16.1. The minimum Gasteiger partial charge on any atom is -0.326 e. The number of nitrogens with one attached hydrogen (secondary N) is 1. The Bertz CT molecular complexity index is 309. The average Bonchev–Trinajstić information content (AvgIpc) is 1.96. The summed E-state index contributed by atoms with van der Waals surface area (Å²) in [6.45, 7) is 3.54. The quantitative estimate of drug-likeness (QED) is 0.586. The lowest BCUT2D eigenvalue weighted by Gasteiger charge is -2.04. The molecule has 0 aliphatic heterocycles. The van der Waals surface area contributed by atoms with Crippen molar-refractivity contribution < 1.29 is 4.79 Å². The Morgan fingerprint density at radius 3 is 2.67 bits per heavy atom. The number of benzene rings is 1. The molecule has 2 nitrogen and oxygen atoms in total. The lowest BCUT2D eigenvalue weighted by atomic mass is 9.91. The molecular formula is C9H12BNO. The number of hydrogen-bond acceptors (Lipinski definition) is 1. The standard InChI is InChI=1S/C9H12BNO/c1-6-5-8(11-7(2)12)3-4-9(6)10/h3-5H,10H2,1-2H3,(H,11,12). The van der Waals surface area contributed by atoms with E-state index in [-0.39, 0.29) is 5.91 Å². The van der Waals surface area contributed by atoms with E-state index in [9.17, 15) is 4.79 Å². The van der Waals surface area contributed by atoms with Crippen LogP contribution in [0.25, 0.3) is 0 Å². The molecule has 0 fully saturated rings. The van der Waals surface area contributed by atoms with Gasteiger partial charge in [0.25, 0.3) is 0 Å². The average molecular weight is 161 g/mol. The van der Waals surface area contributed by atoms with E-state index < -0.39 is 0 Å². The zero-order chi connectivity index (χ0) is 9.14. The van der Waals surface area contributed by atoms with E-state index in [2.05, 4.69) is 5.32 Å². The van der Waals surface area contributed by atoms with Gasteiger partial charge in [-0.1, -0.05) is 17.1 Å². The number of rotatable bonds is 1. The maximum atomic E-state index is 10.7. The molecule has 0 spiro atoms. The fraction of sp³-hybridized carbons (Fsp3) is 0.222. The van der Waals surface area contributed by atoms with Gasteiger partial charge in [0.15, 0.2) is 0 Å². The van der Waals surface area contributed by atoms with Gasteiger partial charge in [-0.25, -0.2) is 0 Å². The van der Waals surface area contributed by atoms with Crippen molar-refractivity contribution in [3.8, 4) is 0 Å². The van der Waals surface area contributed by atoms with Crippen molar-refractivity contribution >= 4 is 24.9 Å². The van der Waals surface area contributed by atoms with Crippen molar-refractivity contribution in [1.82, 2.24) is 0 Å². The van der Waals surface area contributed by atoms with Crippen LogP contribution >= 0.6 is 0 Å². The van der Waals surface area contributed by atoms with Gasteiger partial charge in [0.1, 0.15) is 7.85 Å². The number of carbonyl (C=O) groups excluding carboxylic acids is 1. The molecule has 0 aliphatic rings. The van der Waals surface area contributed by atoms with E-state index in [4.69, 9.17) is 0 Å². The third-order valence-electron chi connectivity index (χ3n) is 1.83. The van der Waals surface area contributed by atoms with E-state index in [0.717, 1.165) is 5.69 Å². The molecule has 1 aromatic carbocycles. The predicted molar refractivity (Wildman–Crippen MR) is 53.7 cm³/mol. The minimum absolute atomic E-state index is 0.0294. The summed E-state index contributed by atoms with van der Waals surface area (Å²) in [6.07, 6.45) is 0. The van der Waals surface area contributed by atoms with Crippen molar-refractivity contribution in [3.05, 3.63) is 23.8 Å². The third-order valence-corrected chi connectivity index (χ3v) is 1.83. The smallest absolute Gasteiger partial charge is 0.221 e. The van der Waals surface area contributed by atoms with Gasteiger partial charge >= 0.3 is 0 Å². The molecule has 1 rings (SSSR count). The summed E-state index contributed by atoms with van der Waals surface area (Å²) in [4.78, 5) is 10.7. The molecule has 0 saturated carbocycles. The Kier molecular flexibility index (Phi) is 2.53. The highest BCUT2D eigenvalue weighted by Crippen LogP contribution is 2.06. The maximum Gasteiger partial charge on any atom is 0.221 e. The second kappa shape index (κ2) is 3.43. The van der Waals surface area contributed by atoms with Crippen LogP contribution in [0.2, 0.25) is 0 Å². The molecule has 0 saturated heterocycles. The first-order valence-corrected chi connectivity index (χ1v) is 3.94. The normalized spacial score (nSPS) is 9.50. The molecular weight excluding hydrogens is 149 g/mol. The summed E-state index contributed by atoms with van der Waals surface area (Å²) in [7, 11) is 2.05. The van der Waals surface area contributed by atoms with Crippen LogP contribution < -0.4 is 10.8 Å². The number of anilines is 1. The Labute approximate surface area is 73.4 Å². The molecule has 0 aliphatic carbocycles. The Morgan fingerprint density at radius 1 is 1.50 bits per heavy atom. The van der Waals surface area contributed by atoms with Gasteiger partial charge in [-0.3, -0.25) is 4.79 Å². The number of hydrogen-bond donors (Lipinski definition) is 1. The molecule has 12 heavy (non-hydrogen) atoms. The second-order valence-corrected chi connectivity index (χ2v) is 2.98. The fourth-order valence-corrected chi connectivity index (χ4v) is 1.02. The molecule has 1 amide bonds. The lowest BCUT2D eigenvalue weighted by Crippen LogP contribution is -2.10. The Hall–Kier alpha value is -1.25. The summed E-state index contributed by atoms with van der Waals surface area (Å²) in [5.41, 5.74) is 3.30. The third kappa shape index (κ3) is 2.12. The van der Waals surface area contributed by atoms with E-state index in [1.54, 1.807) is 0 Å². The van der Waals surface area contributed by atoms with E-state index in [0.29, 0.717) is 0 Å². The van der Waals surface area contributed by atoms with Crippen LogP contribution in [-0.4, -0.2) is 13.8 Å². The van der Waals surface area contributed by atoms with Crippen molar-refractivity contribution in [2.24, 2.45) is 0 Å². The summed E-state index contributed by atoms with van der Waals surface area (Å²) in [5.74, 6) is -0.0294. The van der Waals surface area contributed by atoms with Gasteiger partial charge in [0, 0.05) is 12.6 Å². The fourth-order valence-electron chi connectivity index (χ4n) is 1.02. The molecule has 0 atom stereocenters. The van der Waals surface area contributed by atoms with Crippen molar-refractivity contribution in [3.63, 3.8) is 0 Å². The van der Waals surface area contributed by atoms with Gasteiger partial charge in [-0.15, -0.1) is 0 Å². The van der Waals surface area contributed by atoms with E-state index in [1.807, 2.05) is 33.0 Å². The van der Waals surface area contributed by atoms with Crippen LogP contribution in [0.15, 0.2) is 18.2 Å². The highest BCUT2D eigenvalue weighted by molar-refractivity contribution is 6.33. The summed E-state index contributed by atoms with van der Waals surface area (Å²) < 4.78 is 0. The van der Waals surface area contributed by atoms with Gasteiger partial charge in [-0.2, -0.15) is 0 Å². The summed E-state index contributed by atoms with van der Waals surface area (Å²) in [6, 6.07) is 5.88. The number of carbonyl (C=O) groups is 1. The first kappa shape index (κ1) is 8.85. The molecule has 0 bridgehead atoms. The number of aryl methyl sites for hydroxylation is 1. The minimum atomic E-state index is -0.0294. The Morgan fingerprint density at radius 2 is 2.17 bits per heavy atom. The summed E-state index contributed by atoms with van der Waals surface area (Å²) >= 11 is 0. The topological polar surface area (TPSA) is 29.1 Å². The van der Waals surface area contributed by atoms with Gasteiger partial charge in [0.05, 0.1) is 0 Å². The first-order valence-electron chi connectivity index (χ1n) is 3.94. The number of amides is 1. The van der Waals surface area contributed by atoms with Crippen LogP contribution in [0.5, 0.6) is 0 Å². The zero-order valence-electron chi connectivity index (χ0n) is 7.64. The van der Waals surface area contributed by atoms with Gasteiger partial charge < -0.3 is 5.32 Å². The molecule has 0 unspecified atom stereocenters.